The quantitative estimate of drug-likeness (QED) is 0.405. The van der Waals surface area contributed by atoms with Crippen molar-refractivity contribution in [1.29, 1.82) is 0 Å². The lowest BCUT2D eigenvalue weighted by atomic mass is 9.81. The summed E-state index contributed by atoms with van der Waals surface area (Å²) in [5, 5.41) is 5.90. The first-order valence-electron chi connectivity index (χ1n) is 11.4. The monoisotopic (exact) mass is 455 g/mol. The first-order valence-corrected chi connectivity index (χ1v) is 13.9. The molecule has 0 unspecified atom stereocenters. The summed E-state index contributed by atoms with van der Waals surface area (Å²) in [6.07, 6.45) is 6.54. The maximum Gasteiger partial charge on any atom is 0.155 e. The summed E-state index contributed by atoms with van der Waals surface area (Å²) in [5.41, 5.74) is 2.29. The van der Waals surface area contributed by atoms with E-state index >= 15 is 0 Å². The number of sulfone groups is 1. The summed E-state index contributed by atoms with van der Waals surface area (Å²) in [6.45, 7) is 5.44. The molecule has 1 aliphatic rings. The number of fused-ring (bicyclic) bond motifs is 1. The Bertz CT molecular complexity index is 1130. The van der Waals surface area contributed by atoms with Gasteiger partial charge in [0.15, 0.2) is 9.84 Å². The molecule has 2 aromatic carbocycles. The smallest absolute Gasteiger partial charge is 0.155 e. The van der Waals surface area contributed by atoms with E-state index in [0.717, 1.165) is 44.2 Å². The molecule has 3 nitrogen and oxygen atoms in total. The van der Waals surface area contributed by atoms with Gasteiger partial charge in [-0.1, -0.05) is 55.3 Å². The minimum absolute atomic E-state index is 0.332. The van der Waals surface area contributed by atoms with Crippen molar-refractivity contribution in [2.75, 3.05) is 5.75 Å². The van der Waals surface area contributed by atoms with E-state index < -0.39 is 14.6 Å². The molecular weight excluding hydrogens is 422 g/mol. The van der Waals surface area contributed by atoms with Crippen molar-refractivity contribution in [1.82, 2.24) is 4.98 Å². The van der Waals surface area contributed by atoms with Gasteiger partial charge in [0.05, 0.1) is 21.2 Å². The minimum Gasteiger partial charge on any atom is -0.241 e. The molecule has 0 amide bonds. The SMILES string of the molecule is CC(C)(C)S(=O)(=O)CC1CCC(CCc2nc(-c3cccc4ccccc34)cs2)CC1. The molecule has 166 valence electrons. The summed E-state index contributed by atoms with van der Waals surface area (Å²) < 4.78 is 24.4. The third-order valence-electron chi connectivity index (χ3n) is 6.74. The Morgan fingerprint density at radius 3 is 2.39 bits per heavy atom. The van der Waals surface area contributed by atoms with Crippen molar-refractivity contribution in [3.63, 3.8) is 0 Å². The van der Waals surface area contributed by atoms with Crippen molar-refractivity contribution in [2.45, 2.75) is 64.0 Å². The highest BCUT2D eigenvalue weighted by Crippen LogP contribution is 2.35. The Morgan fingerprint density at radius 2 is 1.65 bits per heavy atom. The van der Waals surface area contributed by atoms with Crippen LogP contribution in [0, 0.1) is 11.8 Å². The standard InChI is InChI=1S/C26H33NO2S2/c1-26(2,3)31(28,29)18-20-13-11-19(12-14-20)15-16-25-27-24(17-30-25)23-10-6-8-21-7-4-5-9-22(21)23/h4-10,17,19-20H,11-16,18H2,1-3H3. The molecule has 1 fully saturated rings. The van der Waals surface area contributed by atoms with Crippen molar-refractivity contribution in [2.24, 2.45) is 11.8 Å². The molecule has 0 N–H and O–H groups in total. The zero-order valence-corrected chi connectivity index (χ0v) is 20.4. The topological polar surface area (TPSA) is 47.0 Å². The molecule has 0 atom stereocenters. The van der Waals surface area contributed by atoms with Crippen LogP contribution in [0.1, 0.15) is 57.9 Å². The van der Waals surface area contributed by atoms with Crippen molar-refractivity contribution in [3.8, 4) is 11.3 Å². The second-order valence-electron chi connectivity index (χ2n) is 9.97. The van der Waals surface area contributed by atoms with Crippen LogP contribution in [0.3, 0.4) is 0 Å². The van der Waals surface area contributed by atoms with Gasteiger partial charge < -0.3 is 0 Å². The van der Waals surface area contributed by atoms with Gasteiger partial charge in [0.1, 0.15) is 0 Å². The van der Waals surface area contributed by atoms with Crippen LogP contribution in [0.4, 0.5) is 0 Å². The van der Waals surface area contributed by atoms with Gasteiger partial charge in [-0.05, 0) is 69.1 Å². The van der Waals surface area contributed by atoms with E-state index in [1.165, 1.54) is 21.3 Å². The minimum atomic E-state index is -3.02. The number of rotatable bonds is 6. The lowest BCUT2D eigenvalue weighted by Gasteiger charge is -2.30. The van der Waals surface area contributed by atoms with Gasteiger partial charge in [0.2, 0.25) is 0 Å². The Labute approximate surface area is 190 Å². The lowest BCUT2D eigenvalue weighted by Crippen LogP contribution is -2.34. The van der Waals surface area contributed by atoms with E-state index in [4.69, 9.17) is 4.98 Å². The highest BCUT2D eigenvalue weighted by Gasteiger charge is 2.33. The van der Waals surface area contributed by atoms with Gasteiger partial charge in [-0.15, -0.1) is 11.3 Å². The first-order chi connectivity index (χ1) is 14.7. The van der Waals surface area contributed by atoms with Crippen LogP contribution in [-0.2, 0) is 16.3 Å². The summed E-state index contributed by atoms with van der Waals surface area (Å²) in [7, 11) is -3.02. The summed E-state index contributed by atoms with van der Waals surface area (Å²) in [4.78, 5) is 4.94. The third kappa shape index (κ3) is 5.20. The maximum atomic E-state index is 12.5. The number of hydrogen-bond acceptors (Lipinski definition) is 4. The lowest BCUT2D eigenvalue weighted by molar-refractivity contribution is 0.278. The zero-order valence-electron chi connectivity index (χ0n) is 18.8. The molecule has 3 aromatic rings. The number of hydrogen-bond donors (Lipinski definition) is 0. The normalized spacial score (nSPS) is 20.2. The summed E-state index contributed by atoms with van der Waals surface area (Å²) in [5.74, 6) is 1.38. The average Bonchev–Trinajstić information content (AvgIpc) is 3.21. The highest BCUT2D eigenvalue weighted by molar-refractivity contribution is 7.92. The summed E-state index contributed by atoms with van der Waals surface area (Å²) in [6, 6.07) is 14.9. The third-order valence-corrected chi connectivity index (χ3v) is 10.4. The number of benzene rings is 2. The largest absolute Gasteiger partial charge is 0.241 e. The molecular formula is C26H33NO2S2. The van der Waals surface area contributed by atoms with Crippen molar-refractivity contribution < 1.29 is 8.42 Å². The van der Waals surface area contributed by atoms with Gasteiger partial charge in [-0.2, -0.15) is 0 Å². The van der Waals surface area contributed by atoms with Crippen molar-refractivity contribution in [3.05, 3.63) is 52.9 Å². The second-order valence-corrected chi connectivity index (χ2v) is 13.7. The predicted octanol–water partition coefficient (Wildman–Crippen LogP) is 6.92. The highest BCUT2D eigenvalue weighted by atomic mass is 32.2. The van der Waals surface area contributed by atoms with Crippen molar-refractivity contribution >= 4 is 31.9 Å². The van der Waals surface area contributed by atoms with Crippen LogP contribution in [0.25, 0.3) is 22.0 Å². The predicted molar refractivity (Wildman–Crippen MR) is 132 cm³/mol. The summed E-state index contributed by atoms with van der Waals surface area (Å²) >= 11 is 1.76. The number of aromatic nitrogens is 1. The Morgan fingerprint density at radius 1 is 0.968 bits per heavy atom. The van der Waals surface area contributed by atoms with Crippen LogP contribution in [0.15, 0.2) is 47.8 Å². The van der Waals surface area contributed by atoms with E-state index in [9.17, 15) is 8.42 Å². The van der Waals surface area contributed by atoms with Crippen LogP contribution < -0.4 is 0 Å². The van der Waals surface area contributed by atoms with Gasteiger partial charge >= 0.3 is 0 Å². The Balaban J connectivity index is 1.32. The van der Waals surface area contributed by atoms with E-state index in [1.54, 1.807) is 11.3 Å². The van der Waals surface area contributed by atoms with Gasteiger partial charge in [-0.25, -0.2) is 13.4 Å². The molecule has 4 rings (SSSR count). The molecule has 1 aliphatic carbocycles. The van der Waals surface area contributed by atoms with Crippen LogP contribution in [0.2, 0.25) is 0 Å². The van der Waals surface area contributed by atoms with E-state index in [2.05, 4.69) is 47.8 Å². The number of aryl methyl sites for hydroxylation is 1. The van der Waals surface area contributed by atoms with Crippen LogP contribution >= 0.6 is 11.3 Å². The maximum absolute atomic E-state index is 12.5. The molecule has 0 spiro atoms. The second kappa shape index (κ2) is 9.03. The van der Waals surface area contributed by atoms with Crippen LogP contribution in [-0.4, -0.2) is 23.9 Å². The fraction of sp³-hybridized carbons (Fsp3) is 0.500. The molecule has 31 heavy (non-hydrogen) atoms. The molecule has 1 aromatic heterocycles. The molecule has 0 bridgehead atoms. The fourth-order valence-electron chi connectivity index (χ4n) is 4.57. The zero-order chi connectivity index (χ0) is 22.1. The van der Waals surface area contributed by atoms with E-state index in [-0.39, 0.29) is 0 Å². The number of nitrogens with zero attached hydrogens (tertiary/aromatic N) is 1. The van der Waals surface area contributed by atoms with Gasteiger partial charge in [-0.3, -0.25) is 0 Å². The molecule has 1 heterocycles. The van der Waals surface area contributed by atoms with E-state index in [1.807, 2.05) is 20.8 Å². The van der Waals surface area contributed by atoms with Gasteiger partial charge in [0.25, 0.3) is 0 Å². The van der Waals surface area contributed by atoms with E-state index in [0.29, 0.717) is 17.6 Å². The number of thiazole rings is 1. The average molecular weight is 456 g/mol. The Kier molecular flexibility index (Phi) is 6.55. The molecule has 0 saturated heterocycles. The molecule has 5 heteroatoms. The molecule has 1 saturated carbocycles. The van der Waals surface area contributed by atoms with Crippen LogP contribution in [0.5, 0.6) is 0 Å². The molecule has 0 radical (unpaired) electrons. The molecule has 0 aliphatic heterocycles. The van der Waals surface area contributed by atoms with Gasteiger partial charge in [0, 0.05) is 10.9 Å². The first kappa shape index (κ1) is 22.5. The Hall–Kier alpha value is -1.72. The fourth-order valence-corrected chi connectivity index (χ4v) is 6.84.